The second kappa shape index (κ2) is 12.2. The van der Waals surface area contributed by atoms with Crippen molar-refractivity contribution < 1.29 is 37.1 Å². The fourth-order valence-corrected chi connectivity index (χ4v) is 12.7. The van der Waals surface area contributed by atoms with Gasteiger partial charge in [0.1, 0.15) is 9.24 Å². The monoisotopic (exact) mass is 552 g/mol. The summed E-state index contributed by atoms with van der Waals surface area (Å²) >= 11 is 1.35. The summed E-state index contributed by atoms with van der Waals surface area (Å²) in [7, 11) is -6.65. The van der Waals surface area contributed by atoms with E-state index in [1.54, 1.807) is 13.8 Å². The molecule has 0 unspecified atom stereocenters. The standard InChI is InChI=1S/C24H42O8P2S/c1-7-11-15-27-23(5,28-16-12-8-2)31-33(25)19-20(33)22-34(26,21(19)35-22)32-24(6,29-17-13-9-3)30-18-14-10-4/h7-18H2,1-6H3. The zero-order valence-electron chi connectivity index (χ0n) is 22.1. The molecule has 0 amide bonds. The van der Waals surface area contributed by atoms with Gasteiger partial charge in [0.2, 0.25) is 0 Å². The Kier molecular flexibility index (Phi) is 10.3. The molecule has 0 aliphatic carbocycles. The lowest BCUT2D eigenvalue weighted by Gasteiger charge is -2.35. The molecule has 1 aromatic rings. The molecular formula is C24H42O8P2S. The van der Waals surface area contributed by atoms with Crippen molar-refractivity contribution in [3.8, 4) is 0 Å². The van der Waals surface area contributed by atoms with Gasteiger partial charge in [-0.05, 0) is 25.7 Å². The number of hydrogen-bond acceptors (Lipinski definition) is 9. The van der Waals surface area contributed by atoms with E-state index in [1.165, 1.54) is 11.3 Å². The van der Waals surface area contributed by atoms with E-state index in [0.29, 0.717) is 46.3 Å². The van der Waals surface area contributed by atoms with Gasteiger partial charge in [-0.2, -0.15) is 0 Å². The Morgan fingerprint density at radius 2 is 0.914 bits per heavy atom. The van der Waals surface area contributed by atoms with Gasteiger partial charge in [-0.3, -0.25) is 18.2 Å². The lowest BCUT2D eigenvalue weighted by Crippen LogP contribution is -2.41. The number of hydrogen-bond donors (Lipinski definition) is 0. The van der Waals surface area contributed by atoms with E-state index < -0.39 is 26.7 Å². The van der Waals surface area contributed by atoms with E-state index in [2.05, 4.69) is 27.7 Å². The maximum absolute atomic E-state index is 13.8. The van der Waals surface area contributed by atoms with E-state index >= 15 is 0 Å². The molecule has 0 aromatic carbocycles. The first-order valence-electron chi connectivity index (χ1n) is 13.0. The minimum atomic E-state index is -3.35. The Hall–Kier alpha value is -0.0800. The van der Waals surface area contributed by atoms with Gasteiger partial charge in [0.15, 0.2) is 0 Å². The average molecular weight is 553 g/mol. The highest BCUT2D eigenvalue weighted by Gasteiger charge is 2.70. The fraction of sp³-hybridized carbons (Fsp3) is 0.833. The van der Waals surface area contributed by atoms with Crippen LogP contribution in [-0.2, 0) is 37.1 Å². The Labute approximate surface area is 214 Å². The van der Waals surface area contributed by atoms with Gasteiger partial charge in [-0.1, -0.05) is 53.4 Å². The Bertz CT molecular complexity index is 885. The van der Waals surface area contributed by atoms with Crippen LogP contribution in [0.15, 0.2) is 0 Å². The smallest absolute Gasteiger partial charge is 0.286 e. The maximum atomic E-state index is 13.8. The molecular weight excluding hydrogens is 510 g/mol. The lowest BCUT2D eigenvalue weighted by molar-refractivity contribution is -0.332. The molecule has 2 bridgehead atoms. The molecule has 0 N–H and O–H groups in total. The summed E-state index contributed by atoms with van der Waals surface area (Å²) in [5.41, 5.74) is 0. The van der Waals surface area contributed by atoms with Crippen LogP contribution in [0.1, 0.15) is 92.9 Å². The van der Waals surface area contributed by atoms with Gasteiger partial charge in [-0.25, -0.2) is 0 Å². The summed E-state index contributed by atoms with van der Waals surface area (Å²) in [6, 6.07) is 0. The molecule has 0 saturated carbocycles. The first-order chi connectivity index (χ1) is 16.6. The van der Waals surface area contributed by atoms with Crippen molar-refractivity contribution in [1.82, 2.24) is 0 Å². The zero-order valence-corrected chi connectivity index (χ0v) is 24.7. The van der Waals surface area contributed by atoms with Crippen LogP contribution in [-0.4, -0.2) is 38.4 Å². The van der Waals surface area contributed by atoms with Gasteiger partial charge in [0.25, 0.3) is 26.7 Å². The van der Waals surface area contributed by atoms with Crippen LogP contribution < -0.4 is 19.8 Å². The highest BCUT2D eigenvalue weighted by molar-refractivity contribution is 8.03. The van der Waals surface area contributed by atoms with Gasteiger partial charge in [0.05, 0.1) is 37.0 Å². The Morgan fingerprint density at radius 1 is 0.600 bits per heavy atom. The second-order valence-corrected chi connectivity index (χ2v) is 15.2. The largest absolute Gasteiger partial charge is 0.327 e. The summed E-state index contributed by atoms with van der Waals surface area (Å²) in [4.78, 5) is 0. The van der Waals surface area contributed by atoms with Gasteiger partial charge >= 0.3 is 0 Å². The molecule has 1 aromatic heterocycles. The second-order valence-electron chi connectivity index (χ2n) is 9.23. The van der Waals surface area contributed by atoms with Crippen molar-refractivity contribution in [2.24, 2.45) is 0 Å². The van der Waals surface area contributed by atoms with Crippen molar-refractivity contribution in [2.45, 2.75) is 105 Å². The van der Waals surface area contributed by atoms with Crippen molar-refractivity contribution >= 4 is 45.9 Å². The average Bonchev–Trinajstić information content (AvgIpc) is 3.11. The van der Waals surface area contributed by atoms with E-state index in [9.17, 15) is 9.13 Å². The molecule has 4 rings (SSSR count). The minimum Gasteiger partial charge on any atom is -0.327 e. The molecule has 3 aliphatic heterocycles. The molecule has 0 atom stereocenters. The molecule has 0 fully saturated rings. The molecule has 0 spiro atoms. The summed E-state index contributed by atoms with van der Waals surface area (Å²) in [6.45, 7) is 13.4. The highest BCUT2D eigenvalue weighted by Crippen LogP contribution is 2.70. The third kappa shape index (κ3) is 6.32. The highest BCUT2D eigenvalue weighted by atomic mass is 32.1. The fourth-order valence-electron chi connectivity index (χ4n) is 3.75. The molecule has 4 heterocycles. The van der Waals surface area contributed by atoms with Crippen LogP contribution >= 0.6 is 26.1 Å². The summed E-state index contributed by atoms with van der Waals surface area (Å²) in [5, 5.41) is 1.02. The molecule has 8 nitrogen and oxygen atoms in total. The van der Waals surface area contributed by atoms with Crippen LogP contribution in [0.25, 0.3) is 0 Å². The third-order valence-electron chi connectivity index (χ3n) is 5.93. The quantitative estimate of drug-likeness (QED) is 0.119. The van der Waals surface area contributed by atoms with Crippen molar-refractivity contribution in [3.05, 3.63) is 0 Å². The van der Waals surface area contributed by atoms with Crippen molar-refractivity contribution in [1.29, 1.82) is 0 Å². The summed E-state index contributed by atoms with van der Waals surface area (Å²) in [6.07, 6.45) is 7.22. The molecule has 202 valence electrons. The predicted molar refractivity (Wildman–Crippen MR) is 140 cm³/mol. The lowest BCUT2D eigenvalue weighted by atomic mass is 10.3. The topological polar surface area (TPSA) is 89.5 Å². The maximum Gasteiger partial charge on any atom is 0.286 e. The molecule has 0 saturated heterocycles. The normalized spacial score (nSPS) is 17.3. The number of ether oxygens (including phenoxy) is 4. The first kappa shape index (κ1) is 29.5. The first-order valence-corrected chi connectivity index (χ1v) is 17.1. The van der Waals surface area contributed by atoms with Crippen molar-refractivity contribution in [3.63, 3.8) is 0 Å². The van der Waals surface area contributed by atoms with E-state index in [-0.39, 0.29) is 0 Å². The van der Waals surface area contributed by atoms with E-state index in [0.717, 1.165) is 51.4 Å². The summed E-state index contributed by atoms with van der Waals surface area (Å²) in [5.74, 6) is -2.85. The van der Waals surface area contributed by atoms with Crippen LogP contribution in [0.4, 0.5) is 0 Å². The Morgan fingerprint density at radius 3 is 1.23 bits per heavy atom. The van der Waals surface area contributed by atoms with Crippen LogP contribution in [0, 0.1) is 0 Å². The molecule has 3 aliphatic rings. The Balaban J connectivity index is 1.71. The predicted octanol–water partition coefficient (Wildman–Crippen LogP) is 5.48. The third-order valence-corrected chi connectivity index (χ3v) is 13.9. The van der Waals surface area contributed by atoms with Crippen molar-refractivity contribution in [2.75, 3.05) is 26.4 Å². The van der Waals surface area contributed by atoms with E-state index in [4.69, 9.17) is 28.0 Å². The van der Waals surface area contributed by atoms with Crippen LogP contribution in [0.3, 0.4) is 0 Å². The summed E-state index contributed by atoms with van der Waals surface area (Å²) < 4.78 is 64.2. The van der Waals surface area contributed by atoms with E-state index in [1.807, 2.05) is 0 Å². The van der Waals surface area contributed by atoms with Crippen LogP contribution in [0.2, 0.25) is 0 Å². The number of unbranched alkanes of at least 4 members (excludes halogenated alkanes) is 4. The van der Waals surface area contributed by atoms with Crippen LogP contribution in [0.5, 0.6) is 0 Å². The van der Waals surface area contributed by atoms with Gasteiger partial charge in [0, 0.05) is 13.8 Å². The van der Waals surface area contributed by atoms with Gasteiger partial charge < -0.3 is 18.9 Å². The number of thiophene rings is 1. The number of rotatable bonds is 20. The molecule has 11 heteroatoms. The minimum absolute atomic E-state index is 0.439. The molecule has 35 heavy (non-hydrogen) atoms. The van der Waals surface area contributed by atoms with Gasteiger partial charge in [-0.15, -0.1) is 11.3 Å². The zero-order chi connectivity index (χ0) is 25.7. The molecule has 0 radical (unpaired) electrons. The SMILES string of the molecule is CCCCOC(C)(OCCCC)OP1(=O)c2sc1c1c2P1(=O)OC(C)(OCCCC)OCCCC.